The third-order valence-corrected chi connectivity index (χ3v) is 35.7. The van der Waals surface area contributed by atoms with Gasteiger partial charge in [-0.2, -0.15) is 11.1 Å². The fraction of sp³-hybridized carbons (Fsp3) is 0.654. The van der Waals surface area contributed by atoms with Crippen LogP contribution >= 0.6 is 27.0 Å². The van der Waals surface area contributed by atoms with Crippen molar-refractivity contribution < 1.29 is 67.5 Å². The molecule has 4 saturated heterocycles. The van der Waals surface area contributed by atoms with Crippen LogP contribution in [-0.4, -0.2) is 330 Å². The Morgan fingerprint density at radius 2 is 0.810 bits per heavy atom. The first-order chi connectivity index (χ1) is 56.7. The van der Waals surface area contributed by atoms with E-state index >= 15 is 0 Å². The molecule has 43 heteroatoms. The molecule has 12 rings (SSSR count). The second-order valence-corrected chi connectivity index (χ2v) is 52.1. The molecule has 0 aliphatic carbocycles. The van der Waals surface area contributed by atoms with E-state index in [1.54, 1.807) is 84.7 Å². The van der Waals surface area contributed by atoms with Crippen molar-refractivity contribution >= 4 is 138 Å². The predicted octanol–water partition coefficient (Wildman–Crippen LogP) is 10.3. The molecule has 0 amide bonds. The van der Waals surface area contributed by atoms with Crippen LogP contribution < -0.4 is 5.73 Å². The van der Waals surface area contributed by atoms with E-state index in [1.165, 1.54) is 25.3 Å². The number of nitrogens with two attached hydrogens (primary N) is 1. The minimum Gasteiger partial charge on any atom is -0.414 e. The number of ether oxygens (including phenoxy) is 7. The van der Waals surface area contributed by atoms with Crippen molar-refractivity contribution in [1.29, 1.82) is 0 Å². The number of nitrogen functional groups attached to an aromatic ring is 1. The monoisotopic (exact) mass is 1830 g/mol. The van der Waals surface area contributed by atoms with Crippen molar-refractivity contribution in [2.75, 3.05) is 115 Å². The lowest BCUT2D eigenvalue weighted by molar-refractivity contribution is -0.179. The van der Waals surface area contributed by atoms with Gasteiger partial charge in [0.05, 0.1) is 102 Å². The molecule has 0 aromatic carbocycles. The summed E-state index contributed by atoms with van der Waals surface area (Å²) in [5.74, 6) is 1.79. The van der Waals surface area contributed by atoms with Crippen LogP contribution in [0.3, 0.4) is 0 Å². The molecule has 4 aliphatic rings. The van der Waals surface area contributed by atoms with Crippen molar-refractivity contribution in [2.24, 2.45) is 15.0 Å². The predicted molar refractivity (Wildman–Crippen MR) is 482 cm³/mol. The van der Waals surface area contributed by atoms with Gasteiger partial charge in [0.25, 0.3) is 0 Å². The zero-order valence-corrected chi connectivity index (χ0v) is 80.4. The molecular formula is C78H132BrClN24O14Si3. The minimum atomic E-state index is -1.91. The number of aliphatic imine (C=N–C) groups is 3. The fourth-order valence-electron chi connectivity index (χ4n) is 11.1. The third kappa shape index (κ3) is 28.6. The van der Waals surface area contributed by atoms with Crippen molar-refractivity contribution in [3.05, 3.63) is 75.9 Å². The molecule has 0 radical (unpaired) electrons. The van der Waals surface area contributed by atoms with Crippen LogP contribution in [0.5, 0.6) is 0 Å². The van der Waals surface area contributed by atoms with Crippen molar-refractivity contribution in [1.82, 2.24) is 97.7 Å². The van der Waals surface area contributed by atoms with Crippen LogP contribution in [0.2, 0.25) is 54.4 Å². The van der Waals surface area contributed by atoms with E-state index in [0.29, 0.717) is 118 Å². The molecular weight excluding hydrogens is 1700 g/mol. The first-order valence-corrected chi connectivity index (χ1v) is 50.7. The summed E-state index contributed by atoms with van der Waals surface area (Å²) >= 11 is 9.28. The second kappa shape index (κ2) is 46.1. The summed E-state index contributed by atoms with van der Waals surface area (Å²) in [5.41, 5.74) is 10.4. The summed E-state index contributed by atoms with van der Waals surface area (Å²) in [6, 6.07) is 0. The number of rotatable bonds is 25. The summed E-state index contributed by atoms with van der Waals surface area (Å²) in [6.45, 7) is 41.2. The number of alkyl halides is 1. The zero-order chi connectivity index (χ0) is 90.3. The number of hydrogen-bond acceptors (Lipinski definition) is 31. The standard InChI is InChI=1S/C22H36N6O3Si.C19H32N6O3Si.C13H18N6O3.C10H13N5O3.C6H15ClSi.C5H13NO2.C3H5Br/c1-9-10-29-16-11-18(31-17(16)12-30-32(7,8)22(2,3)4)28-15-25-19-20(26-14-27(5)6)23-13-24-21(19)28;1-19(2,3)29(6,7)27-9-14-13(26)8-15(28-14)25-12-22-16-17(23-11-24(4)5)20-10-21-18(16)25;1-18(2)6-17-12-11-13(15-5-14-12)19(7-16-11)10-3-8(21)9(4-20)22-10;11-9-8-10(13-3-12-9)15(4-14-8)7-1-5(17)6(2-16)18-7;1-6(2,3)8(4,5)7;1-6(2)5(7-3)8-4;1-2-3-4/h9,13-18H,1,10-12H2,2-8H3;10-15,26H,8-9H2,1-7H3;5-10,20-21H,3-4H2,1-2H3;3-7,16-17H,1-2H2,(H2,11,12,13);1-5H3;5H,1-4H3;2H,1,3H2/t16-,17-,18-;13-,14-,15-;8-,9-,10-;5-,6-,7-;;;/m1111.../s1. The van der Waals surface area contributed by atoms with Gasteiger partial charge < -0.3 is 88.0 Å². The number of anilines is 1. The molecule has 7 N–H and O–H groups in total. The molecule has 0 saturated carbocycles. The van der Waals surface area contributed by atoms with Gasteiger partial charge in [-0.25, -0.2) is 74.8 Å². The van der Waals surface area contributed by atoms with E-state index in [2.05, 4.69) is 205 Å². The lowest BCUT2D eigenvalue weighted by atomic mass is 10.2. The molecule has 8 aromatic heterocycles. The molecule has 0 bridgehead atoms. The molecule has 121 heavy (non-hydrogen) atoms. The lowest BCUT2D eigenvalue weighted by Crippen LogP contribution is -2.44. The van der Waals surface area contributed by atoms with E-state index in [0.717, 1.165) is 5.33 Å². The van der Waals surface area contributed by atoms with Crippen LogP contribution in [0.15, 0.2) is 90.9 Å². The van der Waals surface area contributed by atoms with Gasteiger partial charge in [-0.3, -0.25) is 23.2 Å². The van der Waals surface area contributed by atoms with Gasteiger partial charge in [-0.05, 0) is 55.4 Å². The Balaban J connectivity index is 0.000000235. The number of nitrogens with zero attached hydrogens (tertiary/aromatic N) is 23. The van der Waals surface area contributed by atoms with Gasteiger partial charge in [-0.1, -0.05) is 103 Å². The molecule has 12 heterocycles. The van der Waals surface area contributed by atoms with Gasteiger partial charge in [0.15, 0.2) is 86.4 Å². The number of aliphatic hydroxyl groups is 5. The van der Waals surface area contributed by atoms with Crippen molar-refractivity contribution in [3.63, 3.8) is 0 Å². The Labute approximate surface area is 727 Å². The van der Waals surface area contributed by atoms with Gasteiger partial charge in [-0.15, -0.1) is 13.2 Å². The Morgan fingerprint density at radius 3 is 1.10 bits per heavy atom. The smallest absolute Gasteiger partial charge is 0.217 e. The van der Waals surface area contributed by atoms with Crippen LogP contribution in [0.4, 0.5) is 23.3 Å². The number of halogens is 2. The number of aliphatic hydroxyl groups excluding tert-OH is 5. The molecule has 4 fully saturated rings. The van der Waals surface area contributed by atoms with E-state index in [4.69, 9.17) is 63.9 Å². The highest BCUT2D eigenvalue weighted by Crippen LogP contribution is 2.43. The quantitative estimate of drug-likeness (QED) is 0.00589. The first-order valence-electron chi connectivity index (χ1n) is 39.7. The summed E-state index contributed by atoms with van der Waals surface area (Å²) in [4.78, 5) is 71.3. The molecule has 4 aliphatic heterocycles. The Bertz CT molecular complexity index is 4570. The zero-order valence-electron chi connectivity index (χ0n) is 75.0. The van der Waals surface area contributed by atoms with Crippen LogP contribution in [0, 0.1) is 0 Å². The summed E-state index contributed by atoms with van der Waals surface area (Å²) in [7, 11) is 13.1. The van der Waals surface area contributed by atoms with Gasteiger partial charge in [0, 0.05) is 87.5 Å². The summed E-state index contributed by atoms with van der Waals surface area (Å²) in [6.07, 6.45) is 17.2. The van der Waals surface area contributed by atoms with Crippen molar-refractivity contribution in [2.45, 2.75) is 223 Å². The summed E-state index contributed by atoms with van der Waals surface area (Å²) < 4.78 is 59.4. The molecule has 674 valence electrons. The number of imidazole rings is 4. The van der Waals surface area contributed by atoms with Gasteiger partial charge >= 0.3 is 0 Å². The topological polar surface area (TPSA) is 435 Å². The SMILES string of the molecule is C=CCBr.C=CCO[C@@H]1C[C@H](n2cnc3c(N=CN(C)C)ncnc32)O[C@@H]1CO[Si](C)(C)C(C)(C)C.CC(C)(C)[Si](C)(C)Cl.CN(C)C=Nc1ncnc2c1ncn2[C@H]1C[C@@H](O)[C@@H](CO)O1.CN(C)C=Nc1ncnc2c1ncn2[C@H]1C[C@@H](O)[C@@H](CO[Si](C)(C)C(C)(C)C)O1.COC(OC)N(C)C.Nc1ncnc2c1ncn2[C@H]1C[C@@H](O)[C@@H](CO)O1. The van der Waals surface area contributed by atoms with Gasteiger partial charge in [0.1, 0.15) is 80.2 Å². The maximum Gasteiger partial charge on any atom is 0.217 e. The maximum absolute atomic E-state index is 10.5. The van der Waals surface area contributed by atoms with Crippen LogP contribution in [0.25, 0.3) is 44.7 Å². The third-order valence-electron chi connectivity index (χ3n) is 21.0. The van der Waals surface area contributed by atoms with Gasteiger partial charge in [0.2, 0.25) is 6.41 Å². The van der Waals surface area contributed by atoms with E-state index in [-0.39, 0.29) is 60.5 Å². The first kappa shape index (κ1) is 103. The largest absolute Gasteiger partial charge is 0.414 e. The maximum atomic E-state index is 10.5. The van der Waals surface area contributed by atoms with E-state index in [9.17, 15) is 20.4 Å². The molecule has 0 spiro atoms. The average molecular weight is 1830 g/mol. The highest BCUT2D eigenvalue weighted by atomic mass is 79.9. The molecule has 38 nitrogen and oxygen atoms in total. The number of methoxy groups -OCH3 is 2. The number of allylic oxidation sites excluding steroid dienone is 1. The molecule has 0 unspecified atom stereocenters. The normalized spacial score (nSPS) is 22.1. The Morgan fingerprint density at radius 1 is 0.504 bits per heavy atom. The number of aromatic nitrogens is 16. The Kier molecular flexibility index (Phi) is 39.0. The average Bonchev–Trinajstić information content (AvgIpc) is 1.64. The highest BCUT2D eigenvalue weighted by Gasteiger charge is 2.45. The lowest BCUT2D eigenvalue weighted by Gasteiger charge is -2.37. The molecule has 12 atom stereocenters. The number of hydrogen-bond donors (Lipinski definition) is 6. The Hall–Kier alpha value is -7.29. The van der Waals surface area contributed by atoms with Crippen LogP contribution in [0.1, 0.15) is 113 Å². The highest BCUT2D eigenvalue weighted by molar-refractivity contribution is 9.09. The van der Waals surface area contributed by atoms with E-state index in [1.807, 2.05) is 80.2 Å². The van der Waals surface area contributed by atoms with E-state index < -0.39 is 67.0 Å². The fourth-order valence-corrected chi connectivity index (χ4v) is 13.1. The van der Waals surface area contributed by atoms with Crippen molar-refractivity contribution in [3.8, 4) is 0 Å². The summed E-state index contributed by atoms with van der Waals surface area (Å²) in [5, 5.41) is 49.8. The number of fused-ring (bicyclic) bond motifs is 4. The minimum absolute atomic E-state index is 0.103. The second-order valence-electron chi connectivity index (χ2n) is 34.5. The molecule has 8 aromatic rings. The van der Waals surface area contributed by atoms with Crippen LogP contribution in [-0.2, 0) is 42.0 Å².